The Labute approximate surface area is 237 Å². The van der Waals surface area contributed by atoms with Crippen molar-refractivity contribution in [2.45, 2.75) is 20.8 Å². The molecule has 0 radical (unpaired) electrons. The summed E-state index contributed by atoms with van der Waals surface area (Å²) >= 11 is 0. The van der Waals surface area contributed by atoms with Gasteiger partial charge in [-0.2, -0.15) is 0 Å². The van der Waals surface area contributed by atoms with E-state index in [1.807, 2.05) is 0 Å². The highest BCUT2D eigenvalue weighted by Crippen LogP contribution is 2.54. The molecule has 0 atom stereocenters. The van der Waals surface area contributed by atoms with Gasteiger partial charge in [0.2, 0.25) is 0 Å². The molecule has 0 fully saturated rings. The van der Waals surface area contributed by atoms with Gasteiger partial charge in [-0.1, -0.05) is 109 Å². The van der Waals surface area contributed by atoms with Gasteiger partial charge in [-0.15, -0.1) is 0 Å². The monoisotopic (exact) mass is 518 g/mol. The van der Waals surface area contributed by atoms with Crippen molar-refractivity contribution in [1.82, 2.24) is 0 Å². The van der Waals surface area contributed by atoms with Crippen LogP contribution in [0.3, 0.4) is 0 Å². The summed E-state index contributed by atoms with van der Waals surface area (Å²) in [5.41, 5.74) is 4.04. The average Bonchev–Trinajstić information content (AvgIpc) is 3.00. The molecule has 10 aromatic rings. The molecule has 0 bridgehead atoms. The Bertz CT molecular complexity index is 2750. The van der Waals surface area contributed by atoms with Gasteiger partial charge >= 0.3 is 0 Å². The summed E-state index contributed by atoms with van der Waals surface area (Å²) < 4.78 is 0. The molecule has 0 N–H and O–H groups in total. The lowest BCUT2D eigenvalue weighted by molar-refractivity contribution is 1.39. The molecule has 41 heavy (non-hydrogen) atoms. The van der Waals surface area contributed by atoms with Crippen molar-refractivity contribution in [2.75, 3.05) is 0 Å². The van der Waals surface area contributed by atoms with Gasteiger partial charge in [-0.25, -0.2) is 0 Å². The number of aryl methyl sites for hydroxylation is 3. The van der Waals surface area contributed by atoms with Gasteiger partial charge in [0.05, 0.1) is 0 Å². The molecular weight excluding hydrogens is 492 g/mol. The first kappa shape index (κ1) is 21.8. The third-order valence-electron chi connectivity index (χ3n) is 10.1. The van der Waals surface area contributed by atoms with Crippen LogP contribution in [-0.2, 0) is 0 Å². The van der Waals surface area contributed by atoms with E-state index >= 15 is 0 Å². The molecule has 0 heteroatoms. The summed E-state index contributed by atoms with van der Waals surface area (Å²) in [6, 6.07) is 39.4. The molecule has 0 spiro atoms. The second-order valence-electron chi connectivity index (χ2n) is 12.1. The molecule has 0 saturated carbocycles. The topological polar surface area (TPSA) is 0 Å². The lowest BCUT2D eigenvalue weighted by Gasteiger charge is -2.24. The quantitative estimate of drug-likeness (QED) is 0.138. The summed E-state index contributed by atoms with van der Waals surface area (Å²) in [6.45, 7) is 6.79. The van der Waals surface area contributed by atoms with Crippen molar-refractivity contribution in [3.8, 4) is 0 Å². The molecular formula is C41H26. The summed E-state index contributed by atoms with van der Waals surface area (Å²) in [5, 5.41) is 24.8. The van der Waals surface area contributed by atoms with Crippen molar-refractivity contribution in [3.05, 3.63) is 120 Å². The normalized spacial score (nSPS) is 12.8. The Kier molecular flexibility index (Phi) is 3.84. The third kappa shape index (κ3) is 2.45. The van der Waals surface area contributed by atoms with Crippen molar-refractivity contribution in [2.24, 2.45) is 0 Å². The first-order valence-electron chi connectivity index (χ1n) is 14.6. The van der Waals surface area contributed by atoms with E-state index in [1.54, 1.807) is 0 Å². The molecule has 0 unspecified atom stereocenters. The molecule has 0 aromatic heterocycles. The number of hydrogen-bond donors (Lipinski definition) is 0. The largest absolute Gasteiger partial charge is 0.0616 e. The van der Waals surface area contributed by atoms with Crippen LogP contribution in [0.15, 0.2) is 103 Å². The highest BCUT2D eigenvalue weighted by molar-refractivity contribution is 6.53. The Balaban J connectivity index is 1.75. The molecule has 0 heterocycles. The van der Waals surface area contributed by atoms with Crippen LogP contribution in [0.1, 0.15) is 16.7 Å². The maximum absolute atomic E-state index is 2.47. The maximum atomic E-state index is 2.47. The van der Waals surface area contributed by atoms with Gasteiger partial charge in [0, 0.05) is 0 Å². The van der Waals surface area contributed by atoms with Gasteiger partial charge in [0.25, 0.3) is 0 Å². The van der Waals surface area contributed by atoms with Crippen molar-refractivity contribution >= 4 is 97.0 Å². The van der Waals surface area contributed by atoms with E-state index < -0.39 is 0 Å². The van der Waals surface area contributed by atoms with Crippen molar-refractivity contribution in [1.29, 1.82) is 0 Å². The molecule has 0 aliphatic rings. The van der Waals surface area contributed by atoms with Gasteiger partial charge in [-0.3, -0.25) is 0 Å². The molecule has 0 saturated heterocycles. The minimum atomic E-state index is 1.30. The molecule has 0 nitrogen and oxygen atoms in total. The first-order chi connectivity index (χ1) is 20.1. The van der Waals surface area contributed by atoms with Crippen LogP contribution in [-0.4, -0.2) is 0 Å². The standard InChI is InChI=1S/C41H26/c1-21-17-18-28-32(19-21)39-33-20-22(2)23(3)25-13-8-16-31(35(25)33)37-27-12-5-4-11-26(27)36-29-14-6-9-24-10-7-15-30(34(24)29)38(28)40(36)41(37)39/h4-20H,1-3H3. The highest BCUT2D eigenvalue weighted by Gasteiger charge is 2.25. The molecule has 0 aliphatic heterocycles. The summed E-state index contributed by atoms with van der Waals surface area (Å²) in [6.07, 6.45) is 0. The van der Waals surface area contributed by atoms with E-state index in [1.165, 1.54) is 114 Å². The predicted octanol–water partition coefficient (Wildman–Crippen LogP) is 11.9. The lowest BCUT2D eigenvalue weighted by atomic mass is 9.78. The van der Waals surface area contributed by atoms with E-state index in [9.17, 15) is 0 Å². The van der Waals surface area contributed by atoms with E-state index in [2.05, 4.69) is 124 Å². The number of fused-ring (bicyclic) bond motifs is 10. The minimum absolute atomic E-state index is 1.30. The van der Waals surface area contributed by atoms with Crippen LogP contribution < -0.4 is 0 Å². The van der Waals surface area contributed by atoms with Crippen LogP contribution in [0.25, 0.3) is 97.0 Å². The number of rotatable bonds is 0. The summed E-state index contributed by atoms with van der Waals surface area (Å²) in [4.78, 5) is 0. The zero-order valence-corrected chi connectivity index (χ0v) is 23.3. The first-order valence-corrected chi connectivity index (χ1v) is 14.6. The fraction of sp³-hybridized carbons (Fsp3) is 0.0732. The number of benzene rings is 10. The molecule has 190 valence electrons. The molecule has 10 aromatic carbocycles. The Morgan fingerprint density at radius 1 is 0.317 bits per heavy atom. The van der Waals surface area contributed by atoms with Crippen LogP contribution in [0.5, 0.6) is 0 Å². The highest BCUT2D eigenvalue weighted by atomic mass is 14.3. The molecule has 0 aliphatic carbocycles. The predicted molar refractivity (Wildman–Crippen MR) is 181 cm³/mol. The second-order valence-corrected chi connectivity index (χ2v) is 12.1. The third-order valence-corrected chi connectivity index (χ3v) is 10.1. The van der Waals surface area contributed by atoms with E-state index in [-0.39, 0.29) is 0 Å². The fourth-order valence-electron chi connectivity index (χ4n) is 8.34. The average molecular weight is 519 g/mol. The zero-order valence-electron chi connectivity index (χ0n) is 23.3. The number of hydrogen-bond acceptors (Lipinski definition) is 0. The second kappa shape index (κ2) is 7.22. The van der Waals surface area contributed by atoms with Crippen LogP contribution in [0, 0.1) is 20.8 Å². The zero-order chi connectivity index (χ0) is 27.1. The fourth-order valence-corrected chi connectivity index (χ4v) is 8.34. The maximum Gasteiger partial charge on any atom is -0.0000926 e. The van der Waals surface area contributed by atoms with Crippen molar-refractivity contribution in [3.63, 3.8) is 0 Å². The summed E-state index contributed by atoms with van der Waals surface area (Å²) in [5.74, 6) is 0. The lowest BCUT2D eigenvalue weighted by Crippen LogP contribution is -1.96. The van der Waals surface area contributed by atoms with Crippen LogP contribution in [0.2, 0.25) is 0 Å². The van der Waals surface area contributed by atoms with E-state index in [0.29, 0.717) is 0 Å². The van der Waals surface area contributed by atoms with Crippen LogP contribution >= 0.6 is 0 Å². The van der Waals surface area contributed by atoms with Crippen LogP contribution in [0.4, 0.5) is 0 Å². The Hall–Kier alpha value is -4.94. The SMILES string of the molecule is Cc1ccc2c(c1)c1c3cc(C)c(C)c4cccc(c43)c3c4ccccc4c4c5cccc6cccc(c65)c2c4c31. The smallest absolute Gasteiger partial charge is 0.0000926 e. The Morgan fingerprint density at radius 3 is 1.49 bits per heavy atom. The van der Waals surface area contributed by atoms with Gasteiger partial charge in [-0.05, 0) is 129 Å². The van der Waals surface area contributed by atoms with Gasteiger partial charge in [0.1, 0.15) is 0 Å². The van der Waals surface area contributed by atoms with Gasteiger partial charge < -0.3 is 0 Å². The van der Waals surface area contributed by atoms with E-state index in [4.69, 9.17) is 0 Å². The minimum Gasteiger partial charge on any atom is -0.0616 e. The van der Waals surface area contributed by atoms with E-state index in [0.717, 1.165) is 0 Å². The molecule has 10 rings (SSSR count). The van der Waals surface area contributed by atoms with Gasteiger partial charge in [0.15, 0.2) is 0 Å². The molecule has 0 amide bonds. The Morgan fingerprint density at radius 2 is 0.829 bits per heavy atom. The summed E-state index contributed by atoms with van der Waals surface area (Å²) in [7, 11) is 0. The van der Waals surface area contributed by atoms with Crippen molar-refractivity contribution < 1.29 is 0 Å².